The highest BCUT2D eigenvalue weighted by molar-refractivity contribution is 7.89. The van der Waals surface area contributed by atoms with Crippen LogP contribution < -0.4 is 4.72 Å². The number of pyridine rings is 1. The van der Waals surface area contributed by atoms with Gasteiger partial charge in [-0.05, 0) is 31.2 Å². The van der Waals surface area contributed by atoms with Gasteiger partial charge in [-0.1, -0.05) is 18.2 Å². The zero-order valence-electron chi connectivity index (χ0n) is 14.5. The number of rotatable bonds is 7. The summed E-state index contributed by atoms with van der Waals surface area (Å²) >= 11 is 0. The topological polar surface area (TPSA) is 101 Å². The van der Waals surface area contributed by atoms with Crippen LogP contribution in [0.2, 0.25) is 0 Å². The average molecular weight is 388 g/mol. The van der Waals surface area contributed by atoms with Crippen LogP contribution in [-0.4, -0.2) is 36.7 Å². The van der Waals surface area contributed by atoms with E-state index in [-0.39, 0.29) is 12.2 Å². The molecule has 0 unspecified atom stereocenters. The monoisotopic (exact) mass is 388 g/mol. The first-order chi connectivity index (χ1) is 12.9. The summed E-state index contributed by atoms with van der Waals surface area (Å²) in [5, 5.41) is 8.03. The van der Waals surface area contributed by atoms with E-state index < -0.39 is 26.8 Å². The summed E-state index contributed by atoms with van der Waals surface area (Å²) < 4.78 is 40.5. The summed E-state index contributed by atoms with van der Waals surface area (Å²) in [5.74, 6) is -1.26. The number of nitrogens with zero attached hydrogens (tertiary/aromatic N) is 3. The van der Waals surface area contributed by atoms with Gasteiger partial charge in [-0.3, -0.25) is 9.78 Å². The molecule has 3 rings (SSSR count). The van der Waals surface area contributed by atoms with Gasteiger partial charge in [-0.15, -0.1) is 0 Å². The van der Waals surface area contributed by atoms with Crippen molar-refractivity contribution in [1.82, 2.24) is 9.71 Å². The zero-order valence-corrected chi connectivity index (χ0v) is 15.3. The van der Waals surface area contributed by atoms with E-state index in [1.807, 2.05) is 6.07 Å². The number of hydrogen-bond acceptors (Lipinski definition) is 6. The summed E-state index contributed by atoms with van der Waals surface area (Å²) in [6.45, 7) is 1.41. The second-order valence-electron chi connectivity index (χ2n) is 6.02. The average Bonchev–Trinajstić information content (AvgIpc) is 3.11. The smallest absolute Gasteiger partial charge is 0.244 e. The van der Waals surface area contributed by atoms with E-state index in [1.54, 1.807) is 18.3 Å². The van der Waals surface area contributed by atoms with E-state index in [4.69, 9.17) is 0 Å². The van der Waals surface area contributed by atoms with E-state index in [0.717, 1.165) is 12.1 Å². The Morgan fingerprint density at radius 3 is 2.63 bits per heavy atom. The van der Waals surface area contributed by atoms with Gasteiger partial charge in [-0.2, -0.15) is 10.2 Å². The molecule has 0 spiro atoms. The second kappa shape index (κ2) is 7.85. The minimum Gasteiger partial charge on any atom is -0.297 e. The summed E-state index contributed by atoms with van der Waals surface area (Å²) in [7, 11) is -4.15. The Morgan fingerprint density at radius 2 is 1.93 bits per heavy atom. The van der Waals surface area contributed by atoms with Crippen molar-refractivity contribution in [3.05, 3.63) is 60.2 Å². The van der Waals surface area contributed by atoms with E-state index in [0.29, 0.717) is 23.5 Å². The van der Waals surface area contributed by atoms with Crippen LogP contribution in [0.1, 0.15) is 25.5 Å². The number of benzene rings is 1. The van der Waals surface area contributed by atoms with Gasteiger partial charge in [0.05, 0.1) is 23.2 Å². The van der Waals surface area contributed by atoms with Gasteiger partial charge in [0, 0.05) is 19.0 Å². The molecule has 0 radical (unpaired) electrons. The molecule has 0 bridgehead atoms. The van der Waals surface area contributed by atoms with Gasteiger partial charge in [0.1, 0.15) is 10.7 Å². The van der Waals surface area contributed by atoms with Crippen molar-refractivity contribution in [2.75, 3.05) is 0 Å². The van der Waals surface area contributed by atoms with E-state index in [1.165, 1.54) is 19.1 Å². The van der Waals surface area contributed by atoms with Crippen molar-refractivity contribution in [2.45, 2.75) is 30.7 Å². The summed E-state index contributed by atoms with van der Waals surface area (Å²) in [4.78, 5) is 16.1. The van der Waals surface area contributed by atoms with E-state index in [2.05, 4.69) is 19.9 Å². The first-order valence-corrected chi connectivity index (χ1v) is 9.68. The standard InChI is InChI=1S/C18H17FN4O3S/c1-12(23-27(25,26)18-8-3-2-6-14(18)19)17(24)11-13-10-16(22-21-13)15-7-4-5-9-20-15/h2-9,12,23H,10-11H2,1H3/t12-/m0/s1. The predicted octanol–water partition coefficient (Wildman–Crippen LogP) is 2.10. The molecule has 0 aliphatic carbocycles. The van der Waals surface area contributed by atoms with E-state index >= 15 is 0 Å². The Kier molecular flexibility index (Phi) is 5.52. The SMILES string of the molecule is C[C@H](NS(=O)(=O)c1ccccc1F)C(=O)CC1=NN=C(c2ccccn2)C1. The summed E-state index contributed by atoms with van der Waals surface area (Å²) in [6.07, 6.45) is 1.96. The second-order valence-corrected chi connectivity index (χ2v) is 7.70. The molecule has 140 valence electrons. The molecule has 1 aromatic carbocycles. The largest absolute Gasteiger partial charge is 0.297 e. The highest BCUT2D eigenvalue weighted by atomic mass is 32.2. The van der Waals surface area contributed by atoms with Gasteiger partial charge in [-0.25, -0.2) is 17.5 Å². The molecule has 7 nitrogen and oxygen atoms in total. The third kappa shape index (κ3) is 4.50. The highest BCUT2D eigenvalue weighted by Crippen LogP contribution is 2.15. The molecule has 1 aliphatic rings. The van der Waals surface area contributed by atoms with Crippen molar-refractivity contribution in [3.8, 4) is 0 Å². The minimum atomic E-state index is -4.15. The quantitative estimate of drug-likeness (QED) is 0.785. The number of nitrogens with one attached hydrogen (secondary N) is 1. The molecule has 1 aliphatic heterocycles. The number of sulfonamides is 1. The fourth-order valence-corrected chi connectivity index (χ4v) is 3.85. The van der Waals surface area contributed by atoms with Crippen LogP contribution >= 0.6 is 0 Å². The van der Waals surface area contributed by atoms with Gasteiger partial charge < -0.3 is 0 Å². The maximum Gasteiger partial charge on any atom is 0.244 e. The third-order valence-electron chi connectivity index (χ3n) is 3.96. The Labute approximate surface area is 156 Å². The van der Waals surface area contributed by atoms with Gasteiger partial charge in [0.15, 0.2) is 5.78 Å². The first kappa shape index (κ1) is 19.0. The van der Waals surface area contributed by atoms with Crippen molar-refractivity contribution in [3.63, 3.8) is 0 Å². The van der Waals surface area contributed by atoms with Crippen LogP contribution in [0, 0.1) is 5.82 Å². The highest BCUT2D eigenvalue weighted by Gasteiger charge is 2.26. The van der Waals surface area contributed by atoms with Gasteiger partial charge in [0.25, 0.3) is 0 Å². The third-order valence-corrected chi connectivity index (χ3v) is 5.54. The van der Waals surface area contributed by atoms with Crippen molar-refractivity contribution in [1.29, 1.82) is 0 Å². The molecule has 1 atom stereocenters. The molecule has 2 aromatic rings. The molecular weight excluding hydrogens is 371 g/mol. The molecule has 1 aromatic heterocycles. The fourth-order valence-electron chi connectivity index (χ4n) is 2.55. The molecule has 0 saturated heterocycles. The summed E-state index contributed by atoms with van der Waals surface area (Å²) in [5.41, 5.74) is 1.85. The lowest BCUT2D eigenvalue weighted by Gasteiger charge is -2.13. The van der Waals surface area contributed by atoms with Crippen LogP contribution in [0.4, 0.5) is 4.39 Å². The number of aromatic nitrogens is 1. The number of halogens is 1. The fraction of sp³-hybridized carbons (Fsp3) is 0.222. The van der Waals surface area contributed by atoms with Gasteiger partial charge in [0.2, 0.25) is 10.0 Å². The molecule has 0 fully saturated rings. The van der Waals surface area contributed by atoms with Crippen LogP contribution in [0.5, 0.6) is 0 Å². The maximum absolute atomic E-state index is 13.7. The van der Waals surface area contributed by atoms with Gasteiger partial charge >= 0.3 is 0 Å². The van der Waals surface area contributed by atoms with Crippen molar-refractivity contribution >= 4 is 27.2 Å². The lowest BCUT2D eigenvalue weighted by Crippen LogP contribution is -2.39. The maximum atomic E-state index is 13.7. The zero-order chi connectivity index (χ0) is 19.4. The van der Waals surface area contributed by atoms with Crippen molar-refractivity contribution in [2.24, 2.45) is 10.2 Å². The first-order valence-electron chi connectivity index (χ1n) is 8.20. The summed E-state index contributed by atoms with van der Waals surface area (Å²) in [6, 6.07) is 9.36. The van der Waals surface area contributed by atoms with Crippen LogP contribution in [0.15, 0.2) is 63.8 Å². The molecule has 9 heteroatoms. The lowest BCUT2D eigenvalue weighted by atomic mass is 10.0. The number of hydrogen-bond donors (Lipinski definition) is 1. The number of carbonyl (C=O) groups is 1. The molecule has 0 saturated carbocycles. The lowest BCUT2D eigenvalue weighted by molar-refractivity contribution is -0.119. The van der Waals surface area contributed by atoms with E-state index in [9.17, 15) is 17.6 Å². The minimum absolute atomic E-state index is 0.0548. The predicted molar refractivity (Wildman–Crippen MR) is 98.6 cm³/mol. The molecule has 2 heterocycles. The number of ketones is 1. The van der Waals surface area contributed by atoms with Crippen LogP contribution in [0.25, 0.3) is 0 Å². The number of Topliss-reactive ketones (excluding diaryl/α,β-unsaturated/α-hetero) is 1. The molecular formula is C18H17FN4O3S. The Hall–Kier alpha value is -2.78. The molecule has 27 heavy (non-hydrogen) atoms. The Bertz CT molecular complexity index is 1020. The molecule has 0 amide bonds. The molecule has 1 N–H and O–H groups in total. The Morgan fingerprint density at radius 1 is 1.19 bits per heavy atom. The normalized spacial score (nSPS) is 15.2. The van der Waals surface area contributed by atoms with Crippen molar-refractivity contribution < 1.29 is 17.6 Å². The van der Waals surface area contributed by atoms with Crippen LogP contribution in [0.3, 0.4) is 0 Å². The number of carbonyl (C=O) groups excluding carboxylic acids is 1. The van der Waals surface area contributed by atoms with Crippen LogP contribution in [-0.2, 0) is 14.8 Å². The Balaban J connectivity index is 1.60.